The fourth-order valence-electron chi connectivity index (χ4n) is 1.84. The third-order valence-corrected chi connectivity index (χ3v) is 3.17. The smallest absolute Gasteiger partial charge is 0.337 e. The molecule has 0 aliphatic heterocycles. The van der Waals surface area contributed by atoms with Gasteiger partial charge in [0.1, 0.15) is 5.82 Å². The summed E-state index contributed by atoms with van der Waals surface area (Å²) in [6.45, 7) is -0.101. The van der Waals surface area contributed by atoms with Crippen LogP contribution < -0.4 is 10.6 Å². The van der Waals surface area contributed by atoms with Gasteiger partial charge in [0.05, 0.1) is 24.9 Å². The lowest BCUT2D eigenvalue weighted by atomic mass is 10.2. The minimum absolute atomic E-state index is 0.00705. The van der Waals surface area contributed by atoms with Crippen LogP contribution in [0, 0.1) is 5.82 Å². The van der Waals surface area contributed by atoms with E-state index in [-0.39, 0.29) is 12.2 Å². The highest BCUT2D eigenvalue weighted by atomic mass is 35.5. The van der Waals surface area contributed by atoms with E-state index < -0.39 is 17.7 Å². The molecule has 0 bridgehead atoms. The highest BCUT2D eigenvalue weighted by Gasteiger charge is 2.09. The van der Waals surface area contributed by atoms with Gasteiger partial charge in [-0.25, -0.2) is 9.18 Å². The Bertz CT molecular complexity index is 737. The molecule has 0 unspecified atom stereocenters. The molecule has 1 amide bonds. The van der Waals surface area contributed by atoms with Crippen molar-refractivity contribution in [3.8, 4) is 0 Å². The van der Waals surface area contributed by atoms with Crippen molar-refractivity contribution in [2.24, 2.45) is 0 Å². The summed E-state index contributed by atoms with van der Waals surface area (Å²) in [6.07, 6.45) is 0. The third kappa shape index (κ3) is 4.69. The summed E-state index contributed by atoms with van der Waals surface area (Å²) in [5, 5.41) is 5.58. The zero-order valence-corrected chi connectivity index (χ0v) is 13.0. The molecule has 0 radical (unpaired) electrons. The molecule has 0 atom stereocenters. The maximum absolute atomic E-state index is 13.5. The number of rotatable bonds is 5. The Morgan fingerprint density at radius 2 is 2.00 bits per heavy atom. The van der Waals surface area contributed by atoms with Crippen molar-refractivity contribution in [2.75, 3.05) is 24.3 Å². The maximum atomic E-state index is 13.5. The van der Waals surface area contributed by atoms with Gasteiger partial charge in [0, 0.05) is 10.7 Å². The predicted molar refractivity (Wildman–Crippen MR) is 86.3 cm³/mol. The Balaban J connectivity index is 1.97. The van der Waals surface area contributed by atoms with Crippen LogP contribution in [0.5, 0.6) is 0 Å². The van der Waals surface area contributed by atoms with Crippen molar-refractivity contribution >= 4 is 34.9 Å². The van der Waals surface area contributed by atoms with Gasteiger partial charge in [-0.1, -0.05) is 17.7 Å². The minimum Gasteiger partial charge on any atom is -0.465 e. The molecule has 2 N–H and O–H groups in total. The van der Waals surface area contributed by atoms with Gasteiger partial charge in [0.2, 0.25) is 5.91 Å². The van der Waals surface area contributed by atoms with Crippen LogP contribution in [0.2, 0.25) is 5.02 Å². The first-order valence-electron chi connectivity index (χ1n) is 6.67. The molecule has 5 nitrogen and oxygen atoms in total. The fraction of sp³-hybridized carbons (Fsp3) is 0.125. The van der Waals surface area contributed by atoms with Crippen LogP contribution in [0.15, 0.2) is 42.5 Å². The van der Waals surface area contributed by atoms with E-state index in [1.807, 2.05) is 0 Å². The summed E-state index contributed by atoms with van der Waals surface area (Å²) in [6, 6.07) is 10.4. The molecule has 0 saturated carbocycles. The zero-order valence-electron chi connectivity index (χ0n) is 12.2. The Kier molecular flexibility index (Phi) is 5.54. The van der Waals surface area contributed by atoms with Gasteiger partial charge in [0.15, 0.2) is 0 Å². The van der Waals surface area contributed by atoms with Gasteiger partial charge >= 0.3 is 5.97 Å². The number of halogens is 2. The Morgan fingerprint density at radius 1 is 1.22 bits per heavy atom. The number of benzene rings is 2. The molecule has 2 rings (SSSR count). The van der Waals surface area contributed by atoms with Crippen molar-refractivity contribution in [2.45, 2.75) is 0 Å². The molecule has 0 heterocycles. The lowest BCUT2D eigenvalue weighted by molar-refractivity contribution is -0.114. The summed E-state index contributed by atoms with van der Waals surface area (Å²) < 4.78 is 18.1. The second-order valence-electron chi connectivity index (χ2n) is 4.60. The zero-order chi connectivity index (χ0) is 16.8. The molecule has 0 aromatic heterocycles. The first kappa shape index (κ1) is 16.8. The summed E-state index contributed by atoms with van der Waals surface area (Å²) in [5.41, 5.74) is 0.932. The molecule has 0 fully saturated rings. The van der Waals surface area contributed by atoms with Gasteiger partial charge in [-0.3, -0.25) is 4.79 Å². The maximum Gasteiger partial charge on any atom is 0.337 e. The number of hydrogen-bond donors (Lipinski definition) is 2. The van der Waals surface area contributed by atoms with E-state index in [0.717, 1.165) is 0 Å². The van der Waals surface area contributed by atoms with E-state index >= 15 is 0 Å². The summed E-state index contributed by atoms with van der Waals surface area (Å²) in [4.78, 5) is 23.3. The number of hydrogen-bond acceptors (Lipinski definition) is 4. The van der Waals surface area contributed by atoms with Gasteiger partial charge in [-0.15, -0.1) is 0 Å². The van der Waals surface area contributed by atoms with Crippen LogP contribution in [0.4, 0.5) is 15.8 Å². The van der Waals surface area contributed by atoms with Crippen LogP contribution in [0.1, 0.15) is 10.4 Å². The number of carbonyl (C=O) groups excluding carboxylic acids is 2. The van der Waals surface area contributed by atoms with Gasteiger partial charge in [-0.2, -0.15) is 0 Å². The fourth-order valence-corrected chi connectivity index (χ4v) is 2.02. The van der Waals surface area contributed by atoms with Crippen LogP contribution in [-0.2, 0) is 9.53 Å². The van der Waals surface area contributed by atoms with E-state index in [0.29, 0.717) is 16.3 Å². The van der Waals surface area contributed by atoms with E-state index in [1.54, 1.807) is 24.3 Å². The van der Waals surface area contributed by atoms with E-state index in [1.165, 1.54) is 25.3 Å². The van der Waals surface area contributed by atoms with Crippen molar-refractivity contribution < 1.29 is 18.7 Å². The molecule has 0 spiro atoms. The summed E-state index contributed by atoms with van der Waals surface area (Å²) in [5.74, 6) is -1.50. The number of esters is 1. The van der Waals surface area contributed by atoms with Crippen LogP contribution >= 0.6 is 11.6 Å². The number of ether oxygens (including phenoxy) is 1. The largest absolute Gasteiger partial charge is 0.465 e. The topological polar surface area (TPSA) is 67.4 Å². The van der Waals surface area contributed by atoms with Gasteiger partial charge in [-0.05, 0) is 36.4 Å². The minimum atomic E-state index is -0.574. The highest BCUT2D eigenvalue weighted by Crippen LogP contribution is 2.19. The van der Waals surface area contributed by atoms with Crippen molar-refractivity contribution in [3.05, 3.63) is 58.9 Å². The molecular formula is C16H14ClFN2O3. The lowest BCUT2D eigenvalue weighted by Crippen LogP contribution is -2.22. The quantitative estimate of drug-likeness (QED) is 0.822. The first-order chi connectivity index (χ1) is 11.0. The molecule has 7 heteroatoms. The molecule has 120 valence electrons. The van der Waals surface area contributed by atoms with Gasteiger partial charge in [0.25, 0.3) is 0 Å². The second kappa shape index (κ2) is 7.60. The van der Waals surface area contributed by atoms with E-state index in [9.17, 15) is 14.0 Å². The van der Waals surface area contributed by atoms with Crippen molar-refractivity contribution in [1.29, 1.82) is 0 Å². The van der Waals surface area contributed by atoms with Crippen LogP contribution in [-0.4, -0.2) is 25.5 Å². The average molecular weight is 337 g/mol. The monoisotopic (exact) mass is 336 g/mol. The molecule has 2 aromatic carbocycles. The van der Waals surface area contributed by atoms with Crippen molar-refractivity contribution in [3.63, 3.8) is 0 Å². The number of amides is 1. The van der Waals surface area contributed by atoms with Gasteiger partial charge < -0.3 is 15.4 Å². The number of methoxy groups -OCH3 is 1. The Labute approximate surface area is 137 Å². The average Bonchev–Trinajstić information content (AvgIpc) is 2.56. The standard InChI is InChI=1S/C16H14ClFN2O3/c1-23-16(22)10-3-2-4-12(7-10)19-9-15(21)20-14-8-11(17)5-6-13(14)18/h2-8,19H,9H2,1H3,(H,20,21). The normalized spacial score (nSPS) is 10.0. The van der Waals surface area contributed by atoms with Crippen LogP contribution in [0.25, 0.3) is 0 Å². The predicted octanol–water partition coefficient (Wildman–Crippen LogP) is 3.32. The van der Waals surface area contributed by atoms with Crippen molar-refractivity contribution in [1.82, 2.24) is 0 Å². The lowest BCUT2D eigenvalue weighted by Gasteiger charge is -2.09. The number of carbonyl (C=O) groups is 2. The summed E-state index contributed by atoms with van der Waals surface area (Å²) >= 11 is 5.76. The van der Waals surface area contributed by atoms with E-state index in [2.05, 4.69) is 15.4 Å². The number of nitrogens with one attached hydrogen (secondary N) is 2. The Hall–Kier alpha value is -2.60. The highest BCUT2D eigenvalue weighted by molar-refractivity contribution is 6.30. The first-order valence-corrected chi connectivity index (χ1v) is 7.04. The molecule has 0 aliphatic rings. The van der Waals surface area contributed by atoms with Crippen LogP contribution in [0.3, 0.4) is 0 Å². The number of anilines is 2. The third-order valence-electron chi connectivity index (χ3n) is 2.94. The summed E-state index contributed by atoms with van der Waals surface area (Å²) in [7, 11) is 1.29. The molecule has 2 aromatic rings. The molecule has 0 saturated heterocycles. The SMILES string of the molecule is COC(=O)c1cccc(NCC(=O)Nc2cc(Cl)ccc2F)c1. The van der Waals surface area contributed by atoms with E-state index in [4.69, 9.17) is 11.6 Å². The Morgan fingerprint density at radius 3 is 2.74 bits per heavy atom. The molecular weight excluding hydrogens is 323 g/mol. The second-order valence-corrected chi connectivity index (χ2v) is 5.03. The molecule has 23 heavy (non-hydrogen) atoms. The molecule has 0 aliphatic carbocycles.